The fraction of sp³-hybridized carbons (Fsp3) is 0.346. The number of carbonyl (C=O) groups is 1. The minimum absolute atomic E-state index is 0.0980. The Labute approximate surface area is 189 Å². The van der Waals surface area contributed by atoms with Gasteiger partial charge in [0.25, 0.3) is 5.91 Å². The van der Waals surface area contributed by atoms with E-state index in [0.717, 1.165) is 60.3 Å². The zero-order valence-corrected chi connectivity index (χ0v) is 18.6. The molecule has 0 unspecified atom stereocenters. The Morgan fingerprint density at radius 2 is 1.28 bits per heavy atom. The highest BCUT2D eigenvalue weighted by molar-refractivity contribution is 5.95. The first-order valence-corrected chi connectivity index (χ1v) is 11.5. The smallest absolute Gasteiger partial charge is 0.253 e. The summed E-state index contributed by atoms with van der Waals surface area (Å²) in [6, 6.07) is 20.3. The van der Waals surface area contributed by atoms with E-state index in [1.54, 1.807) is 0 Å². The molecule has 0 aliphatic carbocycles. The second kappa shape index (κ2) is 8.99. The average Bonchev–Trinajstić information content (AvgIpc) is 3.39. The predicted octanol–water partition coefficient (Wildman–Crippen LogP) is 4.01. The number of nitrogens with zero attached hydrogens (tertiary/aromatic N) is 5. The van der Waals surface area contributed by atoms with Crippen molar-refractivity contribution >= 4 is 17.5 Å². The summed E-state index contributed by atoms with van der Waals surface area (Å²) in [6.07, 6.45) is 2.46. The van der Waals surface area contributed by atoms with Gasteiger partial charge in [0.1, 0.15) is 17.5 Å². The first-order valence-electron chi connectivity index (χ1n) is 11.5. The van der Waals surface area contributed by atoms with Gasteiger partial charge in [-0.05, 0) is 43.0 Å². The van der Waals surface area contributed by atoms with Crippen LogP contribution >= 0.6 is 0 Å². The van der Waals surface area contributed by atoms with Crippen molar-refractivity contribution < 1.29 is 4.79 Å². The van der Waals surface area contributed by atoms with Gasteiger partial charge < -0.3 is 14.7 Å². The van der Waals surface area contributed by atoms with Crippen molar-refractivity contribution in [3.8, 4) is 11.1 Å². The van der Waals surface area contributed by atoms with Gasteiger partial charge in [0.05, 0.1) is 0 Å². The molecule has 5 rings (SSSR count). The van der Waals surface area contributed by atoms with Crippen LogP contribution in [-0.4, -0.2) is 60.0 Å². The van der Waals surface area contributed by atoms with Crippen LogP contribution in [0.4, 0.5) is 11.6 Å². The molecular weight excluding hydrogens is 398 g/mol. The van der Waals surface area contributed by atoms with E-state index < -0.39 is 0 Å². The lowest BCUT2D eigenvalue weighted by Crippen LogP contribution is -2.49. The highest BCUT2D eigenvalue weighted by Crippen LogP contribution is 2.24. The van der Waals surface area contributed by atoms with E-state index >= 15 is 0 Å². The van der Waals surface area contributed by atoms with Gasteiger partial charge in [0.15, 0.2) is 0 Å². The molecule has 2 fully saturated rings. The number of amides is 1. The van der Waals surface area contributed by atoms with Gasteiger partial charge >= 0.3 is 0 Å². The van der Waals surface area contributed by atoms with Crippen molar-refractivity contribution in [3.63, 3.8) is 0 Å². The number of hydrogen-bond donors (Lipinski definition) is 0. The maximum absolute atomic E-state index is 13.0. The molecule has 0 bridgehead atoms. The summed E-state index contributed by atoms with van der Waals surface area (Å²) in [5.74, 6) is 2.91. The third-order valence-electron chi connectivity index (χ3n) is 6.37. The van der Waals surface area contributed by atoms with Crippen LogP contribution in [0.15, 0.2) is 60.7 Å². The maximum Gasteiger partial charge on any atom is 0.253 e. The van der Waals surface area contributed by atoms with Crippen molar-refractivity contribution in [2.45, 2.75) is 19.8 Å². The molecule has 0 radical (unpaired) electrons. The Kier molecular flexibility index (Phi) is 5.75. The molecule has 32 heavy (non-hydrogen) atoms. The molecule has 0 atom stereocenters. The number of anilines is 2. The maximum atomic E-state index is 13.0. The monoisotopic (exact) mass is 427 g/mol. The third kappa shape index (κ3) is 4.31. The van der Waals surface area contributed by atoms with Crippen LogP contribution in [0.1, 0.15) is 29.0 Å². The minimum atomic E-state index is 0.0980. The molecule has 6 heteroatoms. The van der Waals surface area contributed by atoms with Gasteiger partial charge in [-0.15, -0.1) is 0 Å². The number of rotatable bonds is 4. The van der Waals surface area contributed by atoms with Gasteiger partial charge in [0, 0.05) is 50.9 Å². The predicted molar refractivity (Wildman–Crippen MR) is 128 cm³/mol. The van der Waals surface area contributed by atoms with E-state index in [1.165, 1.54) is 12.8 Å². The summed E-state index contributed by atoms with van der Waals surface area (Å²) in [6.45, 7) is 7.06. The Morgan fingerprint density at radius 1 is 0.719 bits per heavy atom. The zero-order chi connectivity index (χ0) is 21.9. The molecule has 0 saturated carbocycles. The standard InChI is InChI=1S/C26H29N5O/c1-20-27-24(29-13-5-6-14-29)19-25(28-20)30-15-17-31(18-16-30)26(32)23-11-9-22(10-12-23)21-7-3-2-4-8-21/h2-4,7-12,19H,5-6,13-18H2,1H3. The normalized spacial score (nSPS) is 16.5. The summed E-state index contributed by atoms with van der Waals surface area (Å²) in [7, 11) is 0. The number of carbonyl (C=O) groups excluding carboxylic acids is 1. The number of piperazine rings is 1. The van der Waals surface area contributed by atoms with Crippen molar-refractivity contribution in [1.82, 2.24) is 14.9 Å². The molecule has 1 amide bonds. The summed E-state index contributed by atoms with van der Waals surface area (Å²) in [5.41, 5.74) is 3.03. The molecule has 2 aromatic carbocycles. The van der Waals surface area contributed by atoms with Crippen molar-refractivity contribution in [2.75, 3.05) is 49.1 Å². The van der Waals surface area contributed by atoms with E-state index in [0.29, 0.717) is 13.1 Å². The molecular formula is C26H29N5O. The van der Waals surface area contributed by atoms with E-state index in [1.807, 2.05) is 54.3 Å². The van der Waals surface area contributed by atoms with Gasteiger partial charge in [-0.25, -0.2) is 9.97 Å². The first kappa shape index (κ1) is 20.5. The highest BCUT2D eigenvalue weighted by atomic mass is 16.2. The molecule has 6 nitrogen and oxygen atoms in total. The van der Waals surface area contributed by atoms with Crippen LogP contribution in [0.5, 0.6) is 0 Å². The number of aromatic nitrogens is 2. The van der Waals surface area contributed by atoms with Gasteiger partial charge in [-0.2, -0.15) is 0 Å². The molecule has 3 aromatic rings. The van der Waals surface area contributed by atoms with Gasteiger partial charge in [-0.1, -0.05) is 42.5 Å². The van der Waals surface area contributed by atoms with Crippen molar-refractivity contribution in [2.24, 2.45) is 0 Å². The summed E-state index contributed by atoms with van der Waals surface area (Å²) >= 11 is 0. The van der Waals surface area contributed by atoms with Crippen LogP contribution in [0, 0.1) is 6.92 Å². The zero-order valence-electron chi connectivity index (χ0n) is 18.6. The van der Waals surface area contributed by atoms with Gasteiger partial charge in [-0.3, -0.25) is 4.79 Å². The average molecular weight is 428 g/mol. The fourth-order valence-electron chi connectivity index (χ4n) is 4.56. The molecule has 0 spiro atoms. The largest absolute Gasteiger partial charge is 0.356 e. The molecule has 164 valence electrons. The molecule has 3 heterocycles. The topological polar surface area (TPSA) is 52.6 Å². The molecule has 0 N–H and O–H groups in total. The lowest BCUT2D eigenvalue weighted by molar-refractivity contribution is 0.0746. The summed E-state index contributed by atoms with van der Waals surface area (Å²) < 4.78 is 0. The Hall–Kier alpha value is -3.41. The molecule has 2 aliphatic heterocycles. The van der Waals surface area contributed by atoms with E-state index in [4.69, 9.17) is 0 Å². The van der Waals surface area contributed by atoms with Crippen LogP contribution in [-0.2, 0) is 0 Å². The van der Waals surface area contributed by atoms with E-state index in [-0.39, 0.29) is 5.91 Å². The van der Waals surface area contributed by atoms with Crippen LogP contribution in [0.3, 0.4) is 0 Å². The Bertz CT molecular complexity index is 1070. The fourth-order valence-corrected chi connectivity index (χ4v) is 4.56. The van der Waals surface area contributed by atoms with Crippen LogP contribution in [0.25, 0.3) is 11.1 Å². The number of benzene rings is 2. The lowest BCUT2D eigenvalue weighted by atomic mass is 10.0. The van der Waals surface area contributed by atoms with E-state index in [9.17, 15) is 4.79 Å². The summed E-state index contributed by atoms with van der Waals surface area (Å²) in [4.78, 5) is 28.9. The Morgan fingerprint density at radius 3 is 1.91 bits per heavy atom. The van der Waals surface area contributed by atoms with Gasteiger partial charge in [0.2, 0.25) is 0 Å². The molecule has 1 aromatic heterocycles. The van der Waals surface area contributed by atoms with Crippen molar-refractivity contribution in [3.05, 3.63) is 72.1 Å². The van der Waals surface area contributed by atoms with E-state index in [2.05, 4.69) is 38.0 Å². The summed E-state index contributed by atoms with van der Waals surface area (Å²) in [5, 5.41) is 0. The number of hydrogen-bond acceptors (Lipinski definition) is 5. The minimum Gasteiger partial charge on any atom is -0.356 e. The lowest BCUT2D eigenvalue weighted by Gasteiger charge is -2.36. The Balaban J connectivity index is 1.23. The number of aryl methyl sites for hydroxylation is 1. The third-order valence-corrected chi connectivity index (χ3v) is 6.37. The molecule has 2 aliphatic rings. The molecule has 2 saturated heterocycles. The van der Waals surface area contributed by atoms with Crippen molar-refractivity contribution in [1.29, 1.82) is 0 Å². The highest BCUT2D eigenvalue weighted by Gasteiger charge is 2.24. The second-order valence-corrected chi connectivity index (χ2v) is 8.55. The SMILES string of the molecule is Cc1nc(N2CCCC2)cc(N2CCN(C(=O)c3ccc(-c4ccccc4)cc3)CC2)n1. The quantitative estimate of drug-likeness (QED) is 0.630. The second-order valence-electron chi connectivity index (χ2n) is 8.55. The first-order chi connectivity index (χ1) is 15.7. The van der Waals surface area contributed by atoms with Crippen LogP contribution in [0.2, 0.25) is 0 Å². The van der Waals surface area contributed by atoms with Crippen LogP contribution < -0.4 is 9.80 Å².